The molecule has 0 aliphatic rings. The molecule has 0 fully saturated rings. The number of nitrogens with zero attached hydrogens (tertiary/aromatic N) is 1. The van der Waals surface area contributed by atoms with Gasteiger partial charge >= 0.3 is 6.18 Å². The summed E-state index contributed by atoms with van der Waals surface area (Å²) in [5.41, 5.74) is -0.818. The molecule has 114 valence electrons. The third-order valence-corrected chi connectivity index (χ3v) is 3.96. The van der Waals surface area contributed by atoms with Crippen LogP contribution >= 0.6 is 23.4 Å². The Morgan fingerprint density at radius 3 is 2.60 bits per heavy atom. The normalized spacial score (nSPS) is 12.2. The summed E-state index contributed by atoms with van der Waals surface area (Å²) in [6.07, 6.45) is -2.48. The van der Waals surface area contributed by atoms with E-state index in [1.165, 1.54) is 11.8 Å². The molecule has 0 bridgehead atoms. The zero-order valence-corrected chi connectivity index (χ0v) is 13.0. The maximum atomic E-state index is 12.4. The van der Waals surface area contributed by atoms with Crippen LogP contribution in [0.1, 0.15) is 25.8 Å². The van der Waals surface area contributed by atoms with E-state index in [2.05, 4.69) is 24.1 Å². The van der Waals surface area contributed by atoms with E-state index in [9.17, 15) is 13.2 Å². The Morgan fingerprint density at radius 1 is 1.35 bits per heavy atom. The summed E-state index contributed by atoms with van der Waals surface area (Å²) < 4.78 is 37.3. The molecule has 0 unspecified atom stereocenters. The van der Waals surface area contributed by atoms with Gasteiger partial charge in [-0.05, 0) is 24.9 Å². The molecule has 0 aliphatic carbocycles. The largest absolute Gasteiger partial charge is 0.417 e. The van der Waals surface area contributed by atoms with Gasteiger partial charge in [-0.15, -0.1) is 11.8 Å². The molecular weight excluding hydrogens is 309 g/mol. The second kappa shape index (κ2) is 8.10. The minimum absolute atomic E-state index is 0.0482. The van der Waals surface area contributed by atoms with Crippen molar-refractivity contribution in [1.82, 2.24) is 10.3 Å². The first-order valence-electron chi connectivity index (χ1n) is 6.37. The average molecular weight is 327 g/mol. The van der Waals surface area contributed by atoms with Gasteiger partial charge in [-0.25, -0.2) is 4.98 Å². The fourth-order valence-electron chi connectivity index (χ4n) is 1.42. The SMILES string of the molecule is CC(C)CCNCCSc1ncc(C(F)(F)F)cc1Cl. The van der Waals surface area contributed by atoms with Crippen molar-refractivity contribution in [3.8, 4) is 0 Å². The zero-order valence-electron chi connectivity index (χ0n) is 11.4. The Labute approximate surface area is 126 Å². The molecule has 0 atom stereocenters. The van der Waals surface area contributed by atoms with Crippen LogP contribution < -0.4 is 5.32 Å². The minimum atomic E-state index is -4.40. The number of hydrogen-bond acceptors (Lipinski definition) is 3. The van der Waals surface area contributed by atoms with Crippen molar-refractivity contribution in [2.24, 2.45) is 5.92 Å². The van der Waals surface area contributed by atoms with Gasteiger partial charge in [0.1, 0.15) is 5.03 Å². The molecular formula is C13H18ClF3N2S. The fourth-order valence-corrected chi connectivity index (χ4v) is 2.52. The lowest BCUT2D eigenvalue weighted by molar-refractivity contribution is -0.137. The van der Waals surface area contributed by atoms with Crippen molar-refractivity contribution < 1.29 is 13.2 Å². The van der Waals surface area contributed by atoms with Crippen molar-refractivity contribution in [2.75, 3.05) is 18.8 Å². The first-order valence-corrected chi connectivity index (χ1v) is 7.73. The second-order valence-electron chi connectivity index (χ2n) is 4.79. The molecule has 0 amide bonds. The molecule has 0 aliphatic heterocycles. The van der Waals surface area contributed by atoms with Crippen LogP contribution in [0.3, 0.4) is 0 Å². The van der Waals surface area contributed by atoms with Crippen LogP contribution in [0.4, 0.5) is 13.2 Å². The Kier molecular flexibility index (Phi) is 7.12. The summed E-state index contributed by atoms with van der Waals surface area (Å²) in [6, 6.07) is 0.920. The van der Waals surface area contributed by atoms with Crippen molar-refractivity contribution >= 4 is 23.4 Å². The van der Waals surface area contributed by atoms with Gasteiger partial charge < -0.3 is 5.32 Å². The highest BCUT2D eigenvalue weighted by Gasteiger charge is 2.31. The van der Waals surface area contributed by atoms with Crippen molar-refractivity contribution in [2.45, 2.75) is 31.5 Å². The van der Waals surface area contributed by atoms with Crippen LogP contribution in [-0.4, -0.2) is 23.8 Å². The van der Waals surface area contributed by atoms with E-state index in [-0.39, 0.29) is 5.02 Å². The van der Waals surface area contributed by atoms with Crippen LogP contribution in [0.5, 0.6) is 0 Å². The van der Waals surface area contributed by atoms with Gasteiger partial charge in [-0.3, -0.25) is 0 Å². The van der Waals surface area contributed by atoms with E-state index in [0.29, 0.717) is 10.9 Å². The van der Waals surface area contributed by atoms with Crippen LogP contribution in [0.2, 0.25) is 5.02 Å². The Morgan fingerprint density at radius 2 is 2.05 bits per heavy atom. The number of nitrogens with one attached hydrogen (secondary N) is 1. The lowest BCUT2D eigenvalue weighted by Gasteiger charge is -2.09. The van der Waals surface area contributed by atoms with Crippen molar-refractivity contribution in [1.29, 1.82) is 0 Å². The molecule has 1 aromatic heterocycles. The quantitative estimate of drug-likeness (QED) is 0.590. The molecule has 1 aromatic rings. The smallest absolute Gasteiger partial charge is 0.316 e. The van der Waals surface area contributed by atoms with E-state index in [4.69, 9.17) is 11.6 Å². The van der Waals surface area contributed by atoms with Crippen LogP contribution in [0, 0.1) is 5.92 Å². The van der Waals surface area contributed by atoms with E-state index in [0.717, 1.165) is 37.5 Å². The van der Waals surface area contributed by atoms with Gasteiger partial charge in [0.05, 0.1) is 10.6 Å². The summed E-state index contributed by atoms with van der Waals surface area (Å²) in [6.45, 7) is 6.02. The Bertz CT molecular complexity index is 425. The molecule has 7 heteroatoms. The number of aromatic nitrogens is 1. The van der Waals surface area contributed by atoms with Crippen molar-refractivity contribution in [3.63, 3.8) is 0 Å². The Balaban J connectivity index is 2.38. The third-order valence-electron chi connectivity index (χ3n) is 2.55. The molecule has 2 nitrogen and oxygen atoms in total. The number of pyridine rings is 1. The predicted molar refractivity (Wildman–Crippen MR) is 77.3 cm³/mol. The third kappa shape index (κ3) is 6.33. The van der Waals surface area contributed by atoms with Gasteiger partial charge in [0.2, 0.25) is 0 Å². The van der Waals surface area contributed by atoms with Gasteiger partial charge in [0.25, 0.3) is 0 Å². The summed E-state index contributed by atoms with van der Waals surface area (Å²) in [4.78, 5) is 3.77. The summed E-state index contributed by atoms with van der Waals surface area (Å²) in [5, 5.41) is 3.75. The first-order chi connectivity index (χ1) is 9.30. The lowest BCUT2D eigenvalue weighted by atomic mass is 10.1. The maximum Gasteiger partial charge on any atom is 0.417 e. The van der Waals surface area contributed by atoms with Crippen LogP contribution in [0.25, 0.3) is 0 Å². The molecule has 1 rings (SSSR count). The molecule has 20 heavy (non-hydrogen) atoms. The topological polar surface area (TPSA) is 24.9 Å². The lowest BCUT2D eigenvalue weighted by Crippen LogP contribution is -2.19. The van der Waals surface area contributed by atoms with E-state index >= 15 is 0 Å². The molecule has 1 N–H and O–H groups in total. The molecule has 0 saturated heterocycles. The standard InChI is InChI=1S/C13H18ClF3N2S/c1-9(2)3-4-18-5-6-20-12-11(14)7-10(8-19-12)13(15,16)17/h7-9,18H,3-6H2,1-2H3. The minimum Gasteiger partial charge on any atom is -0.316 e. The fraction of sp³-hybridized carbons (Fsp3) is 0.615. The summed E-state index contributed by atoms with van der Waals surface area (Å²) in [7, 11) is 0. The summed E-state index contributed by atoms with van der Waals surface area (Å²) in [5.74, 6) is 1.37. The highest BCUT2D eigenvalue weighted by Crippen LogP contribution is 2.33. The number of alkyl halides is 3. The molecule has 0 radical (unpaired) electrons. The van der Waals surface area contributed by atoms with Crippen molar-refractivity contribution in [3.05, 3.63) is 22.8 Å². The maximum absolute atomic E-state index is 12.4. The Hall–Kier alpha value is -0.460. The highest BCUT2D eigenvalue weighted by molar-refractivity contribution is 7.99. The van der Waals surface area contributed by atoms with Gasteiger partial charge in [-0.1, -0.05) is 25.4 Å². The number of halogens is 4. The second-order valence-corrected chi connectivity index (χ2v) is 6.28. The molecule has 1 heterocycles. The monoisotopic (exact) mass is 326 g/mol. The van der Waals surface area contributed by atoms with Gasteiger partial charge in [0, 0.05) is 18.5 Å². The van der Waals surface area contributed by atoms with E-state index < -0.39 is 11.7 Å². The number of rotatable bonds is 7. The van der Waals surface area contributed by atoms with Crippen LogP contribution in [-0.2, 0) is 6.18 Å². The van der Waals surface area contributed by atoms with Gasteiger partial charge in [-0.2, -0.15) is 13.2 Å². The van der Waals surface area contributed by atoms with Crippen LogP contribution in [0.15, 0.2) is 17.3 Å². The average Bonchev–Trinajstić information content (AvgIpc) is 2.33. The molecule has 0 aromatic carbocycles. The number of thioether (sulfide) groups is 1. The predicted octanol–water partition coefficient (Wildman–Crippen LogP) is 4.48. The van der Waals surface area contributed by atoms with Gasteiger partial charge in [0.15, 0.2) is 0 Å². The number of hydrogen-bond donors (Lipinski definition) is 1. The summed E-state index contributed by atoms with van der Waals surface area (Å²) >= 11 is 7.17. The molecule has 0 saturated carbocycles. The highest BCUT2D eigenvalue weighted by atomic mass is 35.5. The van der Waals surface area contributed by atoms with E-state index in [1.807, 2.05) is 0 Å². The zero-order chi connectivity index (χ0) is 15.2. The first kappa shape index (κ1) is 17.6. The molecule has 0 spiro atoms. The van der Waals surface area contributed by atoms with E-state index in [1.54, 1.807) is 0 Å².